The standard InChI is InChI=1S/C20H27F3N6O.HI/c1-2-24-19(26-13-18-28-27-17-6-4-3-5-11-29(17)18)25-12-15-7-9-16(10-8-15)30-14-20(21,22)23;/h7-10H,2-6,11-14H2,1H3,(H2,24,25,26);1H. The highest BCUT2D eigenvalue weighted by atomic mass is 127. The first-order chi connectivity index (χ1) is 14.4. The van der Waals surface area contributed by atoms with Gasteiger partial charge in [0.15, 0.2) is 18.4 Å². The van der Waals surface area contributed by atoms with E-state index in [1.54, 1.807) is 12.1 Å². The number of aryl methyl sites for hydroxylation is 1. The van der Waals surface area contributed by atoms with E-state index in [4.69, 9.17) is 4.74 Å². The molecule has 0 saturated heterocycles. The van der Waals surface area contributed by atoms with E-state index in [0.29, 0.717) is 25.6 Å². The first-order valence-corrected chi connectivity index (χ1v) is 10.2. The Morgan fingerprint density at radius 2 is 1.90 bits per heavy atom. The third-order valence-corrected chi connectivity index (χ3v) is 4.69. The molecule has 0 radical (unpaired) electrons. The fourth-order valence-electron chi connectivity index (χ4n) is 3.21. The lowest BCUT2D eigenvalue weighted by Gasteiger charge is -2.12. The maximum Gasteiger partial charge on any atom is 0.422 e. The minimum Gasteiger partial charge on any atom is -0.484 e. The number of nitrogens with one attached hydrogen (secondary N) is 2. The van der Waals surface area contributed by atoms with Crippen LogP contribution in [0.4, 0.5) is 13.2 Å². The molecule has 0 saturated carbocycles. The zero-order valence-electron chi connectivity index (χ0n) is 17.4. The first-order valence-electron chi connectivity index (χ1n) is 10.2. The quantitative estimate of drug-likeness (QED) is 0.311. The zero-order chi connectivity index (χ0) is 21.4. The SMILES string of the molecule is CCNC(=NCc1ccc(OCC(F)(F)F)cc1)NCc1nnc2n1CCCCC2.I. The molecular weight excluding hydrogens is 524 g/mol. The van der Waals surface area contributed by atoms with E-state index in [-0.39, 0.29) is 29.7 Å². The molecular formula is C20H28F3IN6O. The molecule has 31 heavy (non-hydrogen) atoms. The van der Waals surface area contributed by atoms with Crippen molar-refractivity contribution in [2.45, 2.75) is 58.4 Å². The summed E-state index contributed by atoms with van der Waals surface area (Å²) in [5.74, 6) is 2.75. The van der Waals surface area contributed by atoms with Gasteiger partial charge in [0.2, 0.25) is 0 Å². The Kier molecular flexibility index (Phi) is 9.85. The van der Waals surface area contributed by atoms with Crippen molar-refractivity contribution in [3.8, 4) is 5.75 Å². The Morgan fingerprint density at radius 1 is 1.13 bits per heavy atom. The van der Waals surface area contributed by atoms with Crippen LogP contribution >= 0.6 is 24.0 Å². The Labute approximate surface area is 196 Å². The van der Waals surface area contributed by atoms with Crippen LogP contribution in [0.2, 0.25) is 0 Å². The molecule has 0 spiro atoms. The van der Waals surface area contributed by atoms with Crippen molar-refractivity contribution >= 4 is 29.9 Å². The molecule has 172 valence electrons. The van der Waals surface area contributed by atoms with E-state index < -0.39 is 12.8 Å². The fraction of sp³-hybridized carbons (Fsp3) is 0.550. The van der Waals surface area contributed by atoms with Crippen LogP contribution < -0.4 is 15.4 Å². The van der Waals surface area contributed by atoms with Crippen LogP contribution in [-0.4, -0.2) is 40.1 Å². The van der Waals surface area contributed by atoms with Crippen LogP contribution in [0.5, 0.6) is 5.75 Å². The number of nitrogens with zero attached hydrogens (tertiary/aromatic N) is 4. The van der Waals surface area contributed by atoms with Crippen molar-refractivity contribution in [2.24, 2.45) is 4.99 Å². The second-order valence-electron chi connectivity index (χ2n) is 7.09. The van der Waals surface area contributed by atoms with Crippen LogP contribution in [0.15, 0.2) is 29.3 Å². The number of alkyl halides is 3. The van der Waals surface area contributed by atoms with Crippen LogP contribution in [-0.2, 0) is 26.1 Å². The van der Waals surface area contributed by atoms with Gasteiger partial charge in [-0.1, -0.05) is 18.6 Å². The minimum absolute atomic E-state index is 0. The lowest BCUT2D eigenvalue weighted by atomic mass is 10.2. The molecule has 0 bridgehead atoms. The average molecular weight is 552 g/mol. The molecule has 3 rings (SSSR count). The van der Waals surface area contributed by atoms with Gasteiger partial charge in [-0.25, -0.2) is 4.99 Å². The Balaban J connectivity index is 0.00000341. The number of guanidine groups is 1. The van der Waals surface area contributed by atoms with Crippen LogP contribution in [0.3, 0.4) is 0 Å². The predicted octanol–water partition coefficient (Wildman–Crippen LogP) is 3.82. The molecule has 1 aromatic carbocycles. The summed E-state index contributed by atoms with van der Waals surface area (Å²) in [4.78, 5) is 4.54. The molecule has 0 fully saturated rings. The lowest BCUT2D eigenvalue weighted by Crippen LogP contribution is -2.37. The van der Waals surface area contributed by atoms with Crippen LogP contribution in [0.25, 0.3) is 0 Å². The van der Waals surface area contributed by atoms with Crippen molar-refractivity contribution < 1.29 is 17.9 Å². The van der Waals surface area contributed by atoms with Gasteiger partial charge in [0.1, 0.15) is 11.6 Å². The minimum atomic E-state index is -4.35. The number of rotatable bonds is 7. The number of aromatic nitrogens is 3. The van der Waals surface area contributed by atoms with E-state index in [2.05, 4.69) is 30.4 Å². The second kappa shape index (κ2) is 12.1. The number of benzene rings is 1. The molecule has 1 aliphatic rings. The zero-order valence-corrected chi connectivity index (χ0v) is 19.7. The number of hydrogen-bond acceptors (Lipinski definition) is 4. The van der Waals surface area contributed by atoms with E-state index >= 15 is 0 Å². The summed E-state index contributed by atoms with van der Waals surface area (Å²) in [5.41, 5.74) is 0.864. The van der Waals surface area contributed by atoms with Crippen LogP contribution in [0.1, 0.15) is 43.4 Å². The summed E-state index contributed by atoms with van der Waals surface area (Å²) in [6.07, 6.45) is 0.104. The first kappa shape index (κ1) is 25.2. The van der Waals surface area contributed by atoms with Gasteiger partial charge in [0, 0.05) is 19.5 Å². The van der Waals surface area contributed by atoms with Gasteiger partial charge in [-0.15, -0.1) is 34.2 Å². The topological polar surface area (TPSA) is 76.4 Å². The molecule has 11 heteroatoms. The Hall–Kier alpha value is -2.05. The highest BCUT2D eigenvalue weighted by Gasteiger charge is 2.28. The summed E-state index contributed by atoms with van der Waals surface area (Å²) in [6.45, 7) is 3.22. The van der Waals surface area contributed by atoms with E-state index in [0.717, 1.165) is 43.0 Å². The fourth-order valence-corrected chi connectivity index (χ4v) is 3.21. The molecule has 2 N–H and O–H groups in total. The number of ether oxygens (including phenoxy) is 1. The van der Waals surface area contributed by atoms with E-state index in [9.17, 15) is 13.2 Å². The monoisotopic (exact) mass is 552 g/mol. The highest BCUT2D eigenvalue weighted by Crippen LogP contribution is 2.19. The lowest BCUT2D eigenvalue weighted by molar-refractivity contribution is -0.153. The largest absolute Gasteiger partial charge is 0.484 e. The van der Waals surface area contributed by atoms with Crippen molar-refractivity contribution in [3.63, 3.8) is 0 Å². The highest BCUT2D eigenvalue weighted by molar-refractivity contribution is 14.0. The molecule has 0 atom stereocenters. The van der Waals surface area contributed by atoms with Crippen molar-refractivity contribution in [2.75, 3.05) is 13.2 Å². The third kappa shape index (κ3) is 8.19. The molecule has 1 aliphatic heterocycles. The summed E-state index contributed by atoms with van der Waals surface area (Å²) in [6, 6.07) is 6.44. The van der Waals surface area contributed by atoms with Gasteiger partial charge in [-0.2, -0.15) is 13.2 Å². The van der Waals surface area contributed by atoms with E-state index in [1.807, 2.05) is 6.92 Å². The van der Waals surface area contributed by atoms with Crippen molar-refractivity contribution in [1.29, 1.82) is 0 Å². The Bertz CT molecular complexity index is 838. The maximum atomic E-state index is 12.2. The normalized spacial score (nSPS) is 14.3. The summed E-state index contributed by atoms with van der Waals surface area (Å²) in [7, 11) is 0. The molecule has 2 aromatic rings. The summed E-state index contributed by atoms with van der Waals surface area (Å²) >= 11 is 0. The van der Waals surface area contributed by atoms with Crippen molar-refractivity contribution in [3.05, 3.63) is 41.5 Å². The number of fused-ring (bicyclic) bond motifs is 1. The van der Waals surface area contributed by atoms with Crippen LogP contribution in [0, 0.1) is 0 Å². The molecule has 1 aromatic heterocycles. The average Bonchev–Trinajstić information content (AvgIpc) is 2.94. The molecule has 0 unspecified atom stereocenters. The van der Waals surface area contributed by atoms with Gasteiger partial charge in [-0.05, 0) is 37.5 Å². The maximum absolute atomic E-state index is 12.2. The van der Waals surface area contributed by atoms with Gasteiger partial charge in [0.25, 0.3) is 0 Å². The number of aliphatic imine (C=N–C) groups is 1. The predicted molar refractivity (Wildman–Crippen MR) is 123 cm³/mol. The van der Waals surface area contributed by atoms with Gasteiger partial charge >= 0.3 is 6.18 Å². The summed E-state index contributed by atoms with van der Waals surface area (Å²) in [5, 5.41) is 15.1. The Morgan fingerprint density at radius 3 is 2.61 bits per heavy atom. The molecule has 7 nitrogen and oxygen atoms in total. The molecule has 2 heterocycles. The van der Waals surface area contributed by atoms with E-state index in [1.165, 1.54) is 18.6 Å². The summed E-state index contributed by atoms with van der Waals surface area (Å²) < 4.78 is 43.6. The number of halogens is 4. The number of hydrogen-bond donors (Lipinski definition) is 2. The van der Waals surface area contributed by atoms with Crippen molar-refractivity contribution in [1.82, 2.24) is 25.4 Å². The van der Waals surface area contributed by atoms with Gasteiger partial charge in [0.05, 0.1) is 13.1 Å². The molecule has 0 aliphatic carbocycles. The molecule has 0 amide bonds. The smallest absolute Gasteiger partial charge is 0.422 e. The van der Waals surface area contributed by atoms with Gasteiger partial charge in [-0.3, -0.25) is 0 Å². The third-order valence-electron chi connectivity index (χ3n) is 4.69. The van der Waals surface area contributed by atoms with Gasteiger partial charge < -0.3 is 19.9 Å². The second-order valence-corrected chi connectivity index (χ2v) is 7.09.